The number of hydrogen-bond acceptors (Lipinski definition) is 2. The Bertz CT molecular complexity index is 443. The zero-order valence-electron chi connectivity index (χ0n) is 12.9. The van der Waals surface area contributed by atoms with E-state index >= 15 is 0 Å². The van der Waals surface area contributed by atoms with Gasteiger partial charge in [-0.05, 0) is 43.7 Å². The lowest BCUT2D eigenvalue weighted by Gasteiger charge is -2.31. The number of anilines is 1. The summed E-state index contributed by atoms with van der Waals surface area (Å²) in [5.74, 6) is 0.854. The van der Waals surface area contributed by atoms with E-state index in [1.54, 1.807) is 0 Å². The maximum absolute atomic E-state index is 3.81. The molecule has 3 rings (SSSR count). The van der Waals surface area contributed by atoms with Crippen molar-refractivity contribution >= 4 is 5.69 Å². The molecule has 0 aromatic heterocycles. The Morgan fingerprint density at radius 3 is 2.80 bits per heavy atom. The molecule has 2 heteroatoms. The highest BCUT2D eigenvalue weighted by Crippen LogP contribution is 2.31. The number of para-hydroxylation sites is 1. The molecule has 3 atom stereocenters. The van der Waals surface area contributed by atoms with Crippen LogP contribution in [0.15, 0.2) is 24.3 Å². The van der Waals surface area contributed by atoms with E-state index in [-0.39, 0.29) is 0 Å². The average Bonchev–Trinajstić information content (AvgIpc) is 2.77. The van der Waals surface area contributed by atoms with E-state index in [1.807, 2.05) is 0 Å². The average molecular weight is 272 g/mol. The molecule has 3 unspecified atom stereocenters. The van der Waals surface area contributed by atoms with Gasteiger partial charge >= 0.3 is 0 Å². The number of nitrogens with zero attached hydrogens (tertiary/aromatic N) is 1. The molecule has 110 valence electrons. The predicted molar refractivity (Wildman–Crippen MR) is 86.4 cm³/mol. The van der Waals surface area contributed by atoms with E-state index in [4.69, 9.17) is 0 Å². The Labute approximate surface area is 123 Å². The molecule has 0 radical (unpaired) electrons. The Hall–Kier alpha value is -1.02. The van der Waals surface area contributed by atoms with E-state index in [1.165, 1.54) is 43.4 Å². The molecule has 1 aromatic carbocycles. The van der Waals surface area contributed by atoms with Crippen molar-refractivity contribution in [3.05, 3.63) is 29.8 Å². The molecular formula is C18H28N2. The van der Waals surface area contributed by atoms with Gasteiger partial charge in [-0.3, -0.25) is 0 Å². The van der Waals surface area contributed by atoms with Gasteiger partial charge in [0.1, 0.15) is 0 Å². The van der Waals surface area contributed by atoms with Gasteiger partial charge in [0.15, 0.2) is 0 Å². The van der Waals surface area contributed by atoms with Gasteiger partial charge in [-0.1, -0.05) is 38.0 Å². The van der Waals surface area contributed by atoms with Crippen LogP contribution in [0, 0.1) is 5.92 Å². The zero-order valence-corrected chi connectivity index (χ0v) is 12.9. The van der Waals surface area contributed by atoms with Gasteiger partial charge in [0.2, 0.25) is 0 Å². The maximum Gasteiger partial charge on any atom is 0.0402 e. The molecule has 1 saturated carbocycles. The first-order valence-corrected chi connectivity index (χ1v) is 8.33. The minimum Gasteiger partial charge on any atom is -0.367 e. The summed E-state index contributed by atoms with van der Waals surface area (Å²) in [6.45, 7) is 7.02. The van der Waals surface area contributed by atoms with Crippen LogP contribution >= 0.6 is 0 Å². The summed E-state index contributed by atoms with van der Waals surface area (Å²) in [5.41, 5.74) is 2.98. The first-order chi connectivity index (χ1) is 9.75. The molecule has 1 aliphatic heterocycles. The summed E-state index contributed by atoms with van der Waals surface area (Å²) in [4.78, 5) is 2.58. The van der Waals surface area contributed by atoms with E-state index in [9.17, 15) is 0 Å². The fourth-order valence-electron chi connectivity index (χ4n) is 3.96. The van der Waals surface area contributed by atoms with Crippen molar-refractivity contribution in [3.63, 3.8) is 0 Å². The van der Waals surface area contributed by atoms with Crippen LogP contribution in [0.3, 0.4) is 0 Å². The molecule has 2 nitrogen and oxygen atoms in total. The van der Waals surface area contributed by atoms with Crippen LogP contribution in [-0.2, 0) is 6.42 Å². The number of fused-ring (bicyclic) bond motifs is 1. The summed E-state index contributed by atoms with van der Waals surface area (Å²) in [5, 5.41) is 3.81. The zero-order chi connectivity index (χ0) is 13.9. The lowest BCUT2D eigenvalue weighted by molar-refractivity contribution is 0.282. The largest absolute Gasteiger partial charge is 0.367 e. The summed E-state index contributed by atoms with van der Waals surface area (Å²) in [6.07, 6.45) is 6.81. The Kier molecular flexibility index (Phi) is 4.30. The molecule has 1 aliphatic carbocycles. The van der Waals surface area contributed by atoms with Crippen molar-refractivity contribution in [2.45, 2.75) is 58.0 Å². The molecule has 1 N–H and O–H groups in total. The SMILES string of the molecule is CC1CCCCC1NCCN1c2ccccc2CC1C. The smallest absolute Gasteiger partial charge is 0.0402 e. The maximum atomic E-state index is 3.81. The third kappa shape index (κ3) is 2.85. The van der Waals surface area contributed by atoms with Crippen molar-refractivity contribution in [2.24, 2.45) is 5.92 Å². The Balaban J connectivity index is 1.53. The first kappa shape index (κ1) is 13.9. The molecule has 0 saturated heterocycles. The van der Waals surface area contributed by atoms with Crippen LogP contribution in [0.5, 0.6) is 0 Å². The summed E-state index contributed by atoms with van der Waals surface area (Å²) in [6, 6.07) is 10.3. The van der Waals surface area contributed by atoms with Gasteiger partial charge in [-0.2, -0.15) is 0 Å². The first-order valence-electron chi connectivity index (χ1n) is 8.33. The lowest BCUT2D eigenvalue weighted by Crippen LogP contribution is -2.42. The van der Waals surface area contributed by atoms with Crippen LogP contribution in [0.25, 0.3) is 0 Å². The molecule has 20 heavy (non-hydrogen) atoms. The minimum atomic E-state index is 0.651. The van der Waals surface area contributed by atoms with Crippen molar-refractivity contribution in [1.29, 1.82) is 0 Å². The van der Waals surface area contributed by atoms with E-state index in [0.29, 0.717) is 6.04 Å². The highest BCUT2D eigenvalue weighted by atomic mass is 15.2. The number of benzene rings is 1. The molecule has 1 aromatic rings. The van der Waals surface area contributed by atoms with Gasteiger partial charge in [0, 0.05) is 30.9 Å². The van der Waals surface area contributed by atoms with E-state index < -0.39 is 0 Å². The lowest BCUT2D eigenvalue weighted by atomic mass is 9.86. The van der Waals surface area contributed by atoms with Crippen LogP contribution < -0.4 is 10.2 Å². The quantitative estimate of drug-likeness (QED) is 0.901. The second-order valence-corrected chi connectivity index (χ2v) is 6.70. The van der Waals surface area contributed by atoms with Crippen molar-refractivity contribution < 1.29 is 0 Å². The highest BCUT2D eigenvalue weighted by Gasteiger charge is 2.26. The van der Waals surface area contributed by atoms with Crippen LogP contribution in [0.2, 0.25) is 0 Å². The summed E-state index contributed by atoms with van der Waals surface area (Å²) < 4.78 is 0. The van der Waals surface area contributed by atoms with Crippen LogP contribution in [-0.4, -0.2) is 25.2 Å². The van der Waals surface area contributed by atoms with Gasteiger partial charge in [-0.15, -0.1) is 0 Å². The molecular weight excluding hydrogens is 244 g/mol. The van der Waals surface area contributed by atoms with E-state index in [2.05, 4.69) is 48.3 Å². The summed E-state index contributed by atoms with van der Waals surface area (Å²) in [7, 11) is 0. The number of hydrogen-bond donors (Lipinski definition) is 1. The van der Waals surface area contributed by atoms with Gasteiger partial charge < -0.3 is 10.2 Å². The number of rotatable bonds is 4. The molecule has 0 spiro atoms. The van der Waals surface area contributed by atoms with Crippen LogP contribution in [0.1, 0.15) is 45.1 Å². The molecule has 0 bridgehead atoms. The van der Waals surface area contributed by atoms with Gasteiger partial charge in [0.05, 0.1) is 0 Å². The molecule has 0 amide bonds. The van der Waals surface area contributed by atoms with E-state index in [0.717, 1.165) is 25.0 Å². The molecule has 1 heterocycles. The van der Waals surface area contributed by atoms with Crippen molar-refractivity contribution in [1.82, 2.24) is 5.32 Å². The fraction of sp³-hybridized carbons (Fsp3) is 0.667. The Morgan fingerprint density at radius 2 is 1.95 bits per heavy atom. The number of nitrogens with one attached hydrogen (secondary N) is 1. The van der Waals surface area contributed by atoms with Crippen molar-refractivity contribution in [2.75, 3.05) is 18.0 Å². The third-order valence-corrected chi connectivity index (χ3v) is 5.22. The predicted octanol–water partition coefficient (Wildman–Crippen LogP) is 3.61. The summed E-state index contributed by atoms with van der Waals surface area (Å²) >= 11 is 0. The van der Waals surface area contributed by atoms with Crippen LogP contribution in [0.4, 0.5) is 5.69 Å². The van der Waals surface area contributed by atoms with Crippen molar-refractivity contribution in [3.8, 4) is 0 Å². The standard InChI is InChI=1S/C18H28N2/c1-14-7-3-5-9-17(14)19-11-12-20-15(2)13-16-8-4-6-10-18(16)20/h4,6,8,10,14-15,17,19H,3,5,7,9,11-13H2,1-2H3. The highest BCUT2D eigenvalue weighted by molar-refractivity contribution is 5.59. The third-order valence-electron chi connectivity index (χ3n) is 5.22. The fourth-order valence-corrected chi connectivity index (χ4v) is 3.96. The molecule has 1 fully saturated rings. The monoisotopic (exact) mass is 272 g/mol. The second kappa shape index (κ2) is 6.17. The molecule has 2 aliphatic rings. The van der Waals surface area contributed by atoms with Gasteiger partial charge in [0.25, 0.3) is 0 Å². The Morgan fingerprint density at radius 1 is 1.15 bits per heavy atom. The second-order valence-electron chi connectivity index (χ2n) is 6.70. The minimum absolute atomic E-state index is 0.651. The topological polar surface area (TPSA) is 15.3 Å². The normalized spacial score (nSPS) is 29.5. The van der Waals surface area contributed by atoms with Gasteiger partial charge in [-0.25, -0.2) is 0 Å².